The second-order valence-electron chi connectivity index (χ2n) is 7.66. The molecule has 1 amide bonds. The first-order chi connectivity index (χ1) is 13.7. The molecule has 2 fully saturated rings. The lowest BCUT2D eigenvalue weighted by atomic mass is 9.87. The third kappa shape index (κ3) is 5.81. The molecule has 2 heterocycles. The van der Waals surface area contributed by atoms with Gasteiger partial charge in [0.05, 0.1) is 6.61 Å². The lowest BCUT2D eigenvalue weighted by Gasteiger charge is -2.36. The van der Waals surface area contributed by atoms with E-state index in [0.717, 1.165) is 50.2 Å². The van der Waals surface area contributed by atoms with Crippen molar-refractivity contribution in [2.24, 2.45) is 5.92 Å². The molecule has 0 spiro atoms. The molecular weight excluding hydrogens is 354 g/mol. The molecule has 0 unspecified atom stereocenters. The number of hydrogen-bond donors (Lipinski definition) is 1. The molecule has 0 radical (unpaired) electrons. The zero-order chi connectivity index (χ0) is 19.8. The summed E-state index contributed by atoms with van der Waals surface area (Å²) < 4.78 is 4.87. The summed E-state index contributed by atoms with van der Waals surface area (Å²) in [6, 6.07) is 4.06. The largest absolute Gasteiger partial charge is 0.463 e. The van der Waals surface area contributed by atoms with Crippen molar-refractivity contribution in [2.45, 2.75) is 57.9 Å². The van der Waals surface area contributed by atoms with Crippen LogP contribution in [0.1, 0.15) is 57.4 Å². The van der Waals surface area contributed by atoms with Gasteiger partial charge in [0.1, 0.15) is 5.82 Å². The van der Waals surface area contributed by atoms with E-state index < -0.39 is 0 Å². The van der Waals surface area contributed by atoms with Crippen LogP contribution in [0.2, 0.25) is 0 Å². The van der Waals surface area contributed by atoms with E-state index in [9.17, 15) is 9.59 Å². The molecule has 2 aliphatic rings. The van der Waals surface area contributed by atoms with Crippen LogP contribution in [0, 0.1) is 5.92 Å². The van der Waals surface area contributed by atoms with E-state index in [1.165, 1.54) is 25.3 Å². The monoisotopic (exact) mass is 385 g/mol. The van der Waals surface area contributed by atoms with Gasteiger partial charge in [0.25, 0.3) is 0 Å². The molecule has 6 heteroatoms. The molecule has 1 aliphatic heterocycles. The second-order valence-corrected chi connectivity index (χ2v) is 7.66. The molecule has 1 N–H and O–H groups in total. The van der Waals surface area contributed by atoms with Gasteiger partial charge in [0, 0.05) is 37.3 Å². The molecule has 28 heavy (non-hydrogen) atoms. The molecule has 1 saturated heterocycles. The topological polar surface area (TPSA) is 71.5 Å². The number of nitrogens with zero attached hydrogens (tertiary/aromatic N) is 2. The Labute approximate surface area is 167 Å². The summed E-state index contributed by atoms with van der Waals surface area (Å²) in [5, 5.41) is 3.46. The van der Waals surface area contributed by atoms with Crippen molar-refractivity contribution < 1.29 is 14.3 Å². The first-order valence-corrected chi connectivity index (χ1v) is 10.5. The number of aromatic nitrogens is 1. The first kappa shape index (κ1) is 20.4. The number of rotatable bonds is 6. The minimum atomic E-state index is -0.352. The molecule has 1 aromatic rings. The van der Waals surface area contributed by atoms with Crippen molar-refractivity contribution in [2.75, 3.05) is 25.0 Å². The number of esters is 1. The van der Waals surface area contributed by atoms with Gasteiger partial charge in [0.15, 0.2) is 0 Å². The molecule has 1 atom stereocenters. The van der Waals surface area contributed by atoms with Crippen LogP contribution in [-0.4, -0.2) is 47.5 Å². The van der Waals surface area contributed by atoms with Gasteiger partial charge in [-0.2, -0.15) is 0 Å². The lowest BCUT2D eigenvalue weighted by Crippen LogP contribution is -2.47. The summed E-state index contributed by atoms with van der Waals surface area (Å²) in [7, 11) is 0. The van der Waals surface area contributed by atoms with Gasteiger partial charge in [0.2, 0.25) is 5.91 Å². The highest BCUT2D eigenvalue weighted by Gasteiger charge is 2.29. The summed E-state index contributed by atoms with van der Waals surface area (Å²) in [6.07, 6.45) is 12.6. The predicted octanol–water partition coefficient (Wildman–Crippen LogP) is 3.64. The van der Waals surface area contributed by atoms with E-state index >= 15 is 0 Å². The average Bonchev–Trinajstić information content (AvgIpc) is 2.74. The average molecular weight is 386 g/mol. The van der Waals surface area contributed by atoms with Gasteiger partial charge in [-0.25, -0.2) is 9.78 Å². The van der Waals surface area contributed by atoms with E-state index in [4.69, 9.17) is 4.74 Å². The molecule has 0 aromatic carbocycles. The zero-order valence-corrected chi connectivity index (χ0v) is 16.7. The Morgan fingerprint density at radius 1 is 1.21 bits per heavy atom. The fourth-order valence-electron chi connectivity index (χ4n) is 4.06. The Morgan fingerprint density at radius 2 is 2.04 bits per heavy atom. The number of nitrogens with one attached hydrogen (secondary N) is 1. The smallest absolute Gasteiger partial charge is 0.330 e. The number of carbonyl (C=O) groups is 2. The van der Waals surface area contributed by atoms with Crippen LogP contribution in [0.4, 0.5) is 5.82 Å². The van der Waals surface area contributed by atoms with Crippen molar-refractivity contribution >= 4 is 23.8 Å². The maximum absolute atomic E-state index is 12.8. The van der Waals surface area contributed by atoms with E-state index in [1.807, 2.05) is 17.0 Å². The van der Waals surface area contributed by atoms with Crippen molar-refractivity contribution in [1.82, 2.24) is 9.88 Å². The third-order valence-corrected chi connectivity index (χ3v) is 5.52. The van der Waals surface area contributed by atoms with Gasteiger partial charge in [-0.15, -0.1) is 0 Å². The van der Waals surface area contributed by atoms with Crippen molar-refractivity contribution in [3.8, 4) is 0 Å². The van der Waals surface area contributed by atoms with Gasteiger partial charge in [-0.05, 0) is 56.4 Å². The highest BCUT2D eigenvalue weighted by atomic mass is 16.5. The van der Waals surface area contributed by atoms with Crippen molar-refractivity contribution in [1.29, 1.82) is 0 Å². The van der Waals surface area contributed by atoms with Gasteiger partial charge < -0.3 is 15.0 Å². The number of hydrogen-bond acceptors (Lipinski definition) is 5. The third-order valence-electron chi connectivity index (χ3n) is 5.52. The number of amides is 1. The summed E-state index contributed by atoms with van der Waals surface area (Å²) in [5.41, 5.74) is 0.844. The molecule has 152 valence electrons. The standard InChI is InChI=1S/C22H31N3O3/c1-2-28-21(26)13-11-17-10-12-20(23-15-17)24-19-9-6-14-25(16-19)22(27)18-7-4-3-5-8-18/h10-13,15,18-19H,2-9,14,16H2,1H3,(H,23,24)/t19-/m1/s1. The van der Waals surface area contributed by atoms with E-state index in [-0.39, 0.29) is 17.9 Å². The minimum Gasteiger partial charge on any atom is -0.463 e. The fourth-order valence-corrected chi connectivity index (χ4v) is 4.06. The Bertz CT molecular complexity index is 681. The molecule has 6 nitrogen and oxygen atoms in total. The number of carbonyl (C=O) groups excluding carboxylic acids is 2. The van der Waals surface area contributed by atoms with Crippen LogP contribution >= 0.6 is 0 Å². The van der Waals surface area contributed by atoms with E-state index in [2.05, 4.69) is 10.3 Å². The molecule has 3 rings (SSSR count). The SMILES string of the molecule is CCOC(=O)C=Cc1ccc(N[C@@H]2CCCN(C(=O)C3CCCCC3)C2)nc1. The molecule has 1 aromatic heterocycles. The lowest BCUT2D eigenvalue weighted by molar-refractivity contribution is -0.138. The van der Waals surface area contributed by atoms with Crippen LogP contribution in [0.3, 0.4) is 0 Å². The highest BCUT2D eigenvalue weighted by Crippen LogP contribution is 2.27. The number of ether oxygens (including phenoxy) is 1. The quantitative estimate of drug-likeness (QED) is 0.598. The normalized spacial score (nSPS) is 20.9. The summed E-state index contributed by atoms with van der Waals surface area (Å²) >= 11 is 0. The Morgan fingerprint density at radius 3 is 2.75 bits per heavy atom. The summed E-state index contributed by atoms with van der Waals surface area (Å²) in [6.45, 7) is 3.77. The Kier molecular flexibility index (Phi) is 7.46. The van der Waals surface area contributed by atoms with Gasteiger partial charge in [-0.3, -0.25) is 4.79 Å². The van der Waals surface area contributed by atoms with Gasteiger partial charge >= 0.3 is 5.97 Å². The second kappa shape index (κ2) is 10.2. The molecular formula is C22H31N3O3. The number of likely N-dealkylation sites (tertiary alicyclic amines) is 1. The highest BCUT2D eigenvalue weighted by molar-refractivity contribution is 5.87. The Hall–Kier alpha value is -2.37. The van der Waals surface area contributed by atoms with E-state index in [0.29, 0.717) is 12.5 Å². The first-order valence-electron chi connectivity index (χ1n) is 10.5. The summed E-state index contributed by atoms with van der Waals surface area (Å²) in [5.74, 6) is 1.02. The Balaban J connectivity index is 1.51. The maximum Gasteiger partial charge on any atom is 0.330 e. The fraction of sp³-hybridized carbons (Fsp3) is 0.591. The van der Waals surface area contributed by atoms with Crippen LogP contribution in [-0.2, 0) is 14.3 Å². The number of anilines is 1. The molecule has 1 aliphatic carbocycles. The van der Waals surface area contributed by atoms with Crippen LogP contribution in [0.5, 0.6) is 0 Å². The van der Waals surface area contributed by atoms with Crippen LogP contribution < -0.4 is 5.32 Å². The summed E-state index contributed by atoms with van der Waals surface area (Å²) in [4.78, 5) is 30.7. The predicted molar refractivity (Wildman–Crippen MR) is 110 cm³/mol. The van der Waals surface area contributed by atoms with Crippen molar-refractivity contribution in [3.05, 3.63) is 30.0 Å². The maximum atomic E-state index is 12.8. The van der Waals surface area contributed by atoms with Crippen LogP contribution in [0.15, 0.2) is 24.4 Å². The van der Waals surface area contributed by atoms with Crippen molar-refractivity contribution in [3.63, 3.8) is 0 Å². The number of pyridine rings is 1. The van der Waals surface area contributed by atoms with Gasteiger partial charge in [-0.1, -0.05) is 19.3 Å². The number of piperidine rings is 1. The van der Waals surface area contributed by atoms with E-state index in [1.54, 1.807) is 19.2 Å². The zero-order valence-electron chi connectivity index (χ0n) is 16.7. The van der Waals surface area contributed by atoms with Crippen LogP contribution in [0.25, 0.3) is 6.08 Å². The minimum absolute atomic E-state index is 0.231. The molecule has 0 bridgehead atoms. The molecule has 1 saturated carbocycles.